The Balaban J connectivity index is 2.30. The van der Waals surface area contributed by atoms with Gasteiger partial charge >= 0.3 is 5.97 Å². The predicted molar refractivity (Wildman–Crippen MR) is 85.8 cm³/mol. The van der Waals surface area contributed by atoms with E-state index < -0.39 is 0 Å². The summed E-state index contributed by atoms with van der Waals surface area (Å²) in [6, 6.07) is 0. The molecule has 0 saturated heterocycles. The molecule has 1 aliphatic carbocycles. The highest BCUT2D eigenvalue weighted by Gasteiger charge is 2.32. The van der Waals surface area contributed by atoms with Crippen LogP contribution in [0.5, 0.6) is 0 Å². The monoisotopic (exact) mass is 296 g/mol. The van der Waals surface area contributed by atoms with Crippen molar-refractivity contribution >= 4 is 5.97 Å². The molecule has 1 saturated carbocycles. The first-order chi connectivity index (χ1) is 9.73. The SMILES string of the molecule is C=C(OCCOC(=O)C(C)C)C(C)C1CCCC(C)(C)C1. The van der Waals surface area contributed by atoms with Crippen molar-refractivity contribution in [2.24, 2.45) is 23.2 Å². The molecule has 0 heterocycles. The minimum atomic E-state index is -0.175. The van der Waals surface area contributed by atoms with Gasteiger partial charge in [-0.05, 0) is 30.6 Å². The summed E-state index contributed by atoms with van der Waals surface area (Å²) in [6.07, 6.45) is 5.10. The van der Waals surface area contributed by atoms with E-state index in [4.69, 9.17) is 9.47 Å². The summed E-state index contributed by atoms with van der Waals surface area (Å²) in [7, 11) is 0. The molecule has 2 atom stereocenters. The van der Waals surface area contributed by atoms with Crippen molar-refractivity contribution in [1.82, 2.24) is 0 Å². The molecule has 0 radical (unpaired) electrons. The smallest absolute Gasteiger partial charge is 0.308 e. The van der Waals surface area contributed by atoms with Crippen molar-refractivity contribution in [2.45, 2.75) is 60.3 Å². The first-order valence-electron chi connectivity index (χ1n) is 8.21. The van der Waals surface area contributed by atoms with Crippen molar-refractivity contribution in [3.05, 3.63) is 12.3 Å². The normalized spacial score (nSPS) is 22.7. The largest absolute Gasteiger partial charge is 0.495 e. The maximum atomic E-state index is 11.3. The lowest BCUT2D eigenvalue weighted by Gasteiger charge is -2.38. The van der Waals surface area contributed by atoms with Crippen LogP contribution in [0.4, 0.5) is 0 Å². The fraction of sp³-hybridized carbons (Fsp3) is 0.833. The number of ether oxygens (including phenoxy) is 2. The van der Waals surface area contributed by atoms with Gasteiger partial charge in [0, 0.05) is 5.92 Å². The molecular weight excluding hydrogens is 264 g/mol. The Morgan fingerprint density at radius 2 is 1.86 bits per heavy atom. The summed E-state index contributed by atoms with van der Waals surface area (Å²) < 4.78 is 10.8. The molecule has 0 N–H and O–H groups in total. The summed E-state index contributed by atoms with van der Waals surface area (Å²) in [5.74, 6) is 1.59. The summed E-state index contributed by atoms with van der Waals surface area (Å²) in [5.41, 5.74) is 0.435. The van der Waals surface area contributed by atoms with Gasteiger partial charge in [0.05, 0.1) is 11.7 Å². The Bertz CT molecular complexity index is 357. The second-order valence-electron chi connectivity index (χ2n) is 7.45. The molecule has 0 aliphatic heterocycles. The van der Waals surface area contributed by atoms with Gasteiger partial charge in [-0.15, -0.1) is 0 Å². The summed E-state index contributed by atoms with van der Waals surface area (Å²) in [5, 5.41) is 0. The first kappa shape index (κ1) is 18.1. The zero-order chi connectivity index (χ0) is 16.0. The Morgan fingerprint density at radius 1 is 1.24 bits per heavy atom. The number of carbonyl (C=O) groups is 1. The quantitative estimate of drug-likeness (QED) is 0.392. The van der Waals surface area contributed by atoms with Gasteiger partial charge in [-0.3, -0.25) is 4.79 Å². The zero-order valence-corrected chi connectivity index (χ0v) is 14.4. The molecule has 3 nitrogen and oxygen atoms in total. The van der Waals surface area contributed by atoms with E-state index in [9.17, 15) is 4.79 Å². The standard InChI is InChI=1S/C18H32O3/c1-13(2)17(19)21-11-10-20-15(4)14(3)16-8-7-9-18(5,6)12-16/h13-14,16H,4,7-12H2,1-3,5-6H3. The van der Waals surface area contributed by atoms with Gasteiger partial charge in [-0.2, -0.15) is 0 Å². The summed E-state index contributed by atoms with van der Waals surface area (Å²) >= 11 is 0. The summed E-state index contributed by atoms with van der Waals surface area (Å²) in [4.78, 5) is 11.3. The van der Waals surface area contributed by atoms with Crippen LogP contribution >= 0.6 is 0 Å². The number of hydrogen-bond acceptors (Lipinski definition) is 3. The molecule has 0 aromatic carbocycles. The number of allylic oxidation sites excluding steroid dienone is 1. The predicted octanol–water partition coefficient (Wildman–Crippen LogP) is 4.57. The highest BCUT2D eigenvalue weighted by molar-refractivity contribution is 5.71. The lowest BCUT2D eigenvalue weighted by Crippen LogP contribution is -2.28. The molecule has 1 fully saturated rings. The highest BCUT2D eigenvalue weighted by atomic mass is 16.6. The van der Waals surface area contributed by atoms with Crippen molar-refractivity contribution in [2.75, 3.05) is 13.2 Å². The molecule has 0 bridgehead atoms. The fourth-order valence-electron chi connectivity index (χ4n) is 3.06. The molecule has 0 spiro atoms. The van der Waals surface area contributed by atoms with Crippen molar-refractivity contribution in [3.8, 4) is 0 Å². The van der Waals surface area contributed by atoms with Crippen LogP contribution < -0.4 is 0 Å². The molecule has 0 aromatic heterocycles. The molecule has 1 rings (SSSR count). The molecule has 0 amide bonds. The fourth-order valence-corrected chi connectivity index (χ4v) is 3.06. The van der Waals surface area contributed by atoms with Crippen LogP contribution in [0.1, 0.15) is 60.3 Å². The van der Waals surface area contributed by atoms with Gasteiger partial charge in [0.2, 0.25) is 0 Å². The zero-order valence-electron chi connectivity index (χ0n) is 14.4. The molecule has 3 heteroatoms. The molecule has 0 aromatic rings. The third-order valence-corrected chi connectivity index (χ3v) is 4.54. The van der Waals surface area contributed by atoms with Crippen molar-refractivity contribution < 1.29 is 14.3 Å². The molecule has 21 heavy (non-hydrogen) atoms. The van der Waals surface area contributed by atoms with Crippen molar-refractivity contribution in [1.29, 1.82) is 0 Å². The molecule has 1 aliphatic rings. The van der Waals surface area contributed by atoms with Crippen LogP contribution in [0, 0.1) is 23.2 Å². The minimum Gasteiger partial charge on any atom is -0.495 e. The minimum absolute atomic E-state index is 0.0865. The lowest BCUT2D eigenvalue weighted by atomic mass is 9.68. The third-order valence-electron chi connectivity index (χ3n) is 4.54. The first-order valence-corrected chi connectivity index (χ1v) is 8.21. The van der Waals surface area contributed by atoms with Crippen molar-refractivity contribution in [3.63, 3.8) is 0 Å². The van der Waals surface area contributed by atoms with E-state index in [1.807, 2.05) is 13.8 Å². The number of hydrogen-bond donors (Lipinski definition) is 0. The van der Waals surface area contributed by atoms with Crippen LogP contribution in [0.2, 0.25) is 0 Å². The van der Waals surface area contributed by atoms with Crippen LogP contribution in [-0.2, 0) is 14.3 Å². The Morgan fingerprint density at radius 3 is 2.43 bits per heavy atom. The van der Waals surface area contributed by atoms with E-state index in [0.717, 1.165) is 5.76 Å². The molecule has 2 unspecified atom stereocenters. The van der Waals surface area contributed by atoms with E-state index >= 15 is 0 Å². The Labute approximate surface area is 130 Å². The van der Waals surface area contributed by atoms with E-state index in [1.165, 1.54) is 25.7 Å². The van der Waals surface area contributed by atoms with E-state index in [1.54, 1.807) is 0 Å². The topological polar surface area (TPSA) is 35.5 Å². The third kappa shape index (κ3) is 6.11. The van der Waals surface area contributed by atoms with Crippen LogP contribution in [0.15, 0.2) is 12.3 Å². The van der Waals surface area contributed by atoms with Crippen LogP contribution in [-0.4, -0.2) is 19.2 Å². The average molecular weight is 296 g/mol. The van der Waals surface area contributed by atoms with Crippen LogP contribution in [0.25, 0.3) is 0 Å². The average Bonchev–Trinajstić information content (AvgIpc) is 2.40. The lowest BCUT2D eigenvalue weighted by molar-refractivity contribution is -0.148. The Kier molecular flexibility index (Phi) is 6.76. The van der Waals surface area contributed by atoms with E-state index in [0.29, 0.717) is 30.5 Å². The maximum absolute atomic E-state index is 11.3. The van der Waals surface area contributed by atoms with E-state index in [2.05, 4.69) is 27.4 Å². The summed E-state index contributed by atoms with van der Waals surface area (Å²) in [6.45, 7) is 15.3. The number of rotatable bonds is 7. The molecular formula is C18H32O3. The number of esters is 1. The maximum Gasteiger partial charge on any atom is 0.308 e. The van der Waals surface area contributed by atoms with Gasteiger partial charge in [0.25, 0.3) is 0 Å². The van der Waals surface area contributed by atoms with Gasteiger partial charge in [-0.1, -0.05) is 47.6 Å². The highest BCUT2D eigenvalue weighted by Crippen LogP contribution is 2.43. The van der Waals surface area contributed by atoms with Gasteiger partial charge in [-0.25, -0.2) is 0 Å². The van der Waals surface area contributed by atoms with E-state index in [-0.39, 0.29) is 11.9 Å². The number of carbonyl (C=O) groups excluding carboxylic acids is 1. The van der Waals surface area contributed by atoms with Gasteiger partial charge in [0.15, 0.2) is 0 Å². The Hall–Kier alpha value is -0.990. The van der Waals surface area contributed by atoms with Gasteiger partial charge in [0.1, 0.15) is 13.2 Å². The second kappa shape index (κ2) is 7.86. The second-order valence-corrected chi connectivity index (χ2v) is 7.45. The molecule has 122 valence electrons. The van der Waals surface area contributed by atoms with Gasteiger partial charge < -0.3 is 9.47 Å². The van der Waals surface area contributed by atoms with Crippen LogP contribution in [0.3, 0.4) is 0 Å².